The first-order chi connectivity index (χ1) is 20.0. The van der Waals surface area contributed by atoms with Crippen molar-refractivity contribution in [3.05, 3.63) is 71.3 Å². The molecule has 2 atom stereocenters. The monoisotopic (exact) mass is 574 g/mol. The zero-order valence-corrected chi connectivity index (χ0v) is 27.0. The van der Waals surface area contributed by atoms with Crippen LogP contribution in [0.2, 0.25) is 0 Å². The van der Waals surface area contributed by atoms with Crippen LogP contribution in [0.3, 0.4) is 0 Å². The Bertz CT molecular complexity index is 1150. The van der Waals surface area contributed by atoms with Gasteiger partial charge in [-0.15, -0.1) is 0 Å². The second kappa shape index (κ2) is 13.1. The molecule has 6 nitrogen and oxygen atoms in total. The van der Waals surface area contributed by atoms with Crippen molar-refractivity contribution in [1.29, 1.82) is 0 Å². The minimum Gasteiger partial charge on any atom is -0.444 e. The lowest BCUT2D eigenvalue weighted by molar-refractivity contribution is -0.0486. The van der Waals surface area contributed by atoms with E-state index in [0.29, 0.717) is 18.0 Å². The highest BCUT2D eigenvalue weighted by molar-refractivity contribution is 5.68. The van der Waals surface area contributed by atoms with Crippen LogP contribution in [0.4, 0.5) is 4.79 Å². The van der Waals surface area contributed by atoms with Crippen molar-refractivity contribution >= 4 is 6.09 Å². The summed E-state index contributed by atoms with van der Waals surface area (Å²) in [5.74, 6) is 0.670. The first-order valence-electron chi connectivity index (χ1n) is 16.3. The van der Waals surface area contributed by atoms with Gasteiger partial charge in [0, 0.05) is 56.9 Å². The van der Waals surface area contributed by atoms with Gasteiger partial charge in [-0.2, -0.15) is 0 Å². The molecule has 6 heteroatoms. The fourth-order valence-electron chi connectivity index (χ4n) is 7.45. The van der Waals surface area contributed by atoms with Crippen molar-refractivity contribution < 1.29 is 9.53 Å². The number of hydrogen-bond acceptors (Lipinski definition) is 5. The van der Waals surface area contributed by atoms with Crippen LogP contribution in [0.25, 0.3) is 0 Å². The molecule has 42 heavy (non-hydrogen) atoms. The molecule has 2 aromatic rings. The van der Waals surface area contributed by atoms with E-state index in [2.05, 4.69) is 90.1 Å². The lowest BCUT2D eigenvalue weighted by Crippen LogP contribution is -2.63. The smallest absolute Gasteiger partial charge is 0.410 e. The molecule has 3 fully saturated rings. The fourth-order valence-corrected chi connectivity index (χ4v) is 7.45. The number of amides is 1. The number of hydrogen-bond donors (Lipinski definition) is 0. The molecule has 0 unspecified atom stereocenters. The van der Waals surface area contributed by atoms with Gasteiger partial charge in [-0.3, -0.25) is 14.7 Å². The van der Waals surface area contributed by atoms with Crippen molar-refractivity contribution in [3.63, 3.8) is 0 Å². The number of aryl methyl sites for hydroxylation is 1. The largest absolute Gasteiger partial charge is 0.444 e. The third-order valence-corrected chi connectivity index (χ3v) is 10.0. The number of nitrogens with zero attached hydrogens (tertiary/aromatic N) is 4. The molecule has 0 radical (unpaired) electrons. The molecule has 0 aliphatic carbocycles. The summed E-state index contributed by atoms with van der Waals surface area (Å²) < 4.78 is 5.65. The van der Waals surface area contributed by atoms with E-state index in [1.54, 1.807) is 0 Å². The normalized spacial score (nSPS) is 24.0. The minimum atomic E-state index is -0.448. The molecule has 0 spiro atoms. The number of benzene rings is 2. The Morgan fingerprint density at radius 1 is 0.929 bits per heavy atom. The average molecular weight is 575 g/mol. The molecular formula is C36H54N4O2. The van der Waals surface area contributed by atoms with E-state index in [1.165, 1.54) is 42.6 Å². The van der Waals surface area contributed by atoms with Crippen LogP contribution < -0.4 is 0 Å². The highest BCUT2D eigenvalue weighted by Crippen LogP contribution is 2.40. The van der Waals surface area contributed by atoms with Crippen molar-refractivity contribution in [1.82, 2.24) is 19.6 Å². The molecule has 0 aromatic heterocycles. The third kappa shape index (κ3) is 7.56. The van der Waals surface area contributed by atoms with Crippen LogP contribution in [-0.2, 0) is 11.3 Å². The first-order valence-corrected chi connectivity index (χ1v) is 16.3. The second-order valence-corrected chi connectivity index (χ2v) is 14.5. The number of ether oxygens (including phenoxy) is 1. The highest BCUT2D eigenvalue weighted by Gasteiger charge is 2.43. The fraction of sp³-hybridized carbons (Fsp3) is 0.639. The van der Waals surface area contributed by atoms with Crippen LogP contribution in [0.15, 0.2) is 54.6 Å². The van der Waals surface area contributed by atoms with Crippen LogP contribution in [0.1, 0.15) is 83.0 Å². The molecule has 2 aromatic carbocycles. The molecule has 0 bridgehead atoms. The van der Waals surface area contributed by atoms with E-state index in [0.717, 1.165) is 52.1 Å². The molecule has 1 amide bonds. The van der Waals surface area contributed by atoms with E-state index in [-0.39, 0.29) is 11.6 Å². The Kier molecular flexibility index (Phi) is 9.66. The maximum Gasteiger partial charge on any atom is 0.410 e. The Labute approximate surface area is 255 Å². The molecule has 3 aliphatic heterocycles. The predicted octanol–water partition coefficient (Wildman–Crippen LogP) is 6.74. The van der Waals surface area contributed by atoms with E-state index in [1.807, 2.05) is 25.7 Å². The molecule has 3 aliphatic rings. The zero-order chi connectivity index (χ0) is 29.9. The van der Waals surface area contributed by atoms with Crippen LogP contribution in [0, 0.1) is 12.8 Å². The topological polar surface area (TPSA) is 39.3 Å². The van der Waals surface area contributed by atoms with Crippen molar-refractivity contribution in [2.75, 3.05) is 45.8 Å². The van der Waals surface area contributed by atoms with Gasteiger partial charge < -0.3 is 9.64 Å². The number of piperazine rings is 1. The number of carbonyl (C=O) groups is 1. The first kappa shape index (κ1) is 31.0. The van der Waals surface area contributed by atoms with Crippen LogP contribution >= 0.6 is 0 Å². The number of piperidine rings is 2. The Balaban J connectivity index is 1.20. The summed E-state index contributed by atoms with van der Waals surface area (Å²) in [4.78, 5) is 22.8. The van der Waals surface area contributed by atoms with Gasteiger partial charge in [-0.05, 0) is 97.4 Å². The maximum absolute atomic E-state index is 12.7. The van der Waals surface area contributed by atoms with Crippen molar-refractivity contribution in [2.45, 2.75) is 97.0 Å². The van der Waals surface area contributed by atoms with E-state index < -0.39 is 5.60 Å². The highest BCUT2D eigenvalue weighted by atomic mass is 16.6. The van der Waals surface area contributed by atoms with Gasteiger partial charge in [0.2, 0.25) is 0 Å². The van der Waals surface area contributed by atoms with Gasteiger partial charge in [0.1, 0.15) is 5.60 Å². The average Bonchev–Trinajstić information content (AvgIpc) is 2.96. The number of rotatable bonds is 6. The van der Waals surface area contributed by atoms with Gasteiger partial charge in [-0.1, -0.05) is 60.2 Å². The molecular weight excluding hydrogens is 520 g/mol. The van der Waals surface area contributed by atoms with Crippen LogP contribution in [-0.4, -0.2) is 88.7 Å². The second-order valence-electron chi connectivity index (χ2n) is 14.5. The summed E-state index contributed by atoms with van der Waals surface area (Å²) in [5.41, 5.74) is 3.91. The Hall–Kier alpha value is -2.41. The summed E-state index contributed by atoms with van der Waals surface area (Å²) in [7, 11) is 0. The predicted molar refractivity (Wildman–Crippen MR) is 172 cm³/mol. The standard InChI is InChI=1S/C36H54N4O2/c1-28-12-14-30(15-13-28)27-37-20-16-32(17-21-37)33(31-10-8-7-9-11-31)40-25-24-39(26-29(40)2)36(6)18-22-38(23-19-36)34(41)42-35(3,4)5/h7-15,29,32-33H,16-27H2,1-6H3/t29-,33-/m0/s1. The van der Waals surface area contributed by atoms with E-state index in [4.69, 9.17) is 4.74 Å². The van der Waals surface area contributed by atoms with Crippen LogP contribution in [0.5, 0.6) is 0 Å². The van der Waals surface area contributed by atoms with Gasteiger partial charge in [-0.25, -0.2) is 4.79 Å². The Morgan fingerprint density at radius 3 is 2.17 bits per heavy atom. The summed E-state index contributed by atoms with van der Waals surface area (Å²) in [6, 6.07) is 21.3. The maximum atomic E-state index is 12.7. The molecule has 0 N–H and O–H groups in total. The lowest BCUT2D eigenvalue weighted by Gasteiger charge is -2.54. The third-order valence-electron chi connectivity index (χ3n) is 10.0. The van der Waals surface area contributed by atoms with E-state index >= 15 is 0 Å². The van der Waals surface area contributed by atoms with Gasteiger partial charge in [0.15, 0.2) is 0 Å². The Morgan fingerprint density at radius 2 is 1.57 bits per heavy atom. The van der Waals surface area contributed by atoms with E-state index in [9.17, 15) is 4.79 Å². The summed E-state index contributed by atoms with van der Waals surface area (Å²) >= 11 is 0. The molecule has 0 saturated carbocycles. The van der Waals surface area contributed by atoms with Crippen molar-refractivity contribution in [3.8, 4) is 0 Å². The summed E-state index contributed by atoms with van der Waals surface area (Å²) in [5, 5.41) is 0. The zero-order valence-electron chi connectivity index (χ0n) is 27.0. The summed E-state index contributed by atoms with van der Waals surface area (Å²) in [6.07, 6.45) is 4.33. The number of likely N-dealkylation sites (tertiary alicyclic amines) is 2. The minimum absolute atomic E-state index is 0.127. The lowest BCUT2D eigenvalue weighted by atomic mass is 9.82. The van der Waals surface area contributed by atoms with Gasteiger partial charge in [0.25, 0.3) is 0 Å². The van der Waals surface area contributed by atoms with Crippen molar-refractivity contribution in [2.24, 2.45) is 5.92 Å². The quantitative estimate of drug-likeness (QED) is 0.382. The molecule has 3 saturated heterocycles. The molecule has 230 valence electrons. The summed E-state index contributed by atoms with van der Waals surface area (Å²) in [6.45, 7) is 21.0. The SMILES string of the molecule is Cc1ccc(CN2CCC([C@H](c3ccccc3)N3CCN(C4(C)CCN(C(=O)OC(C)(C)C)CC4)C[C@@H]3C)CC2)cc1. The van der Waals surface area contributed by atoms with Gasteiger partial charge >= 0.3 is 6.09 Å². The molecule has 3 heterocycles. The van der Waals surface area contributed by atoms with Gasteiger partial charge in [0.05, 0.1) is 0 Å². The number of carbonyl (C=O) groups excluding carboxylic acids is 1. The molecule has 5 rings (SSSR count).